The molecule has 0 aliphatic heterocycles. The predicted molar refractivity (Wildman–Crippen MR) is 75.1 cm³/mol. The van der Waals surface area contributed by atoms with E-state index in [0.29, 0.717) is 25.3 Å². The number of ether oxygens (including phenoxy) is 1. The summed E-state index contributed by atoms with van der Waals surface area (Å²) >= 11 is 0. The molecular formula is C14H20N4O3. The highest BCUT2D eigenvalue weighted by atomic mass is 16.5. The third-order valence-corrected chi connectivity index (χ3v) is 3.28. The van der Waals surface area contributed by atoms with Gasteiger partial charge in [-0.2, -0.15) is 0 Å². The number of aryl methyl sites for hydroxylation is 2. The molecule has 2 rings (SSSR count). The normalized spacial score (nSPS) is 10.9. The molecule has 2 heterocycles. The van der Waals surface area contributed by atoms with Crippen LogP contribution in [-0.4, -0.2) is 32.7 Å². The topological polar surface area (TPSA) is 83.0 Å². The van der Waals surface area contributed by atoms with E-state index in [4.69, 9.17) is 9.26 Å². The number of hydrogen-bond acceptors (Lipinski definition) is 6. The van der Waals surface area contributed by atoms with Crippen molar-refractivity contribution in [3.8, 4) is 0 Å². The average molecular weight is 292 g/mol. The summed E-state index contributed by atoms with van der Waals surface area (Å²) in [5.74, 6) is 0.328. The van der Waals surface area contributed by atoms with Crippen molar-refractivity contribution in [3.05, 3.63) is 28.4 Å². The van der Waals surface area contributed by atoms with Crippen LogP contribution in [0.2, 0.25) is 0 Å². The molecular weight excluding hydrogens is 272 g/mol. The molecule has 7 heteroatoms. The van der Waals surface area contributed by atoms with Crippen molar-refractivity contribution >= 4 is 5.97 Å². The fraction of sp³-hybridized carbons (Fsp3) is 0.571. The number of hydrogen-bond donors (Lipinski definition) is 0. The third kappa shape index (κ3) is 3.12. The molecule has 0 bridgehead atoms. The van der Waals surface area contributed by atoms with E-state index in [1.165, 1.54) is 0 Å². The Morgan fingerprint density at radius 1 is 1.33 bits per heavy atom. The molecule has 0 saturated carbocycles. The molecule has 7 nitrogen and oxygen atoms in total. The van der Waals surface area contributed by atoms with Gasteiger partial charge in [0.2, 0.25) is 0 Å². The Morgan fingerprint density at radius 2 is 2.10 bits per heavy atom. The molecule has 0 aliphatic rings. The second-order valence-electron chi connectivity index (χ2n) is 4.82. The summed E-state index contributed by atoms with van der Waals surface area (Å²) in [6.07, 6.45) is 1.60. The Kier molecular flexibility index (Phi) is 4.72. The van der Waals surface area contributed by atoms with Crippen molar-refractivity contribution < 1.29 is 14.1 Å². The van der Waals surface area contributed by atoms with Gasteiger partial charge in [-0.25, -0.2) is 9.48 Å². The van der Waals surface area contributed by atoms with Gasteiger partial charge in [-0.05, 0) is 27.2 Å². The molecule has 0 spiro atoms. The SMILES string of the molecule is CCCc1c(C(=O)OCC)nnn1Cc1c(C)noc1C. The number of carbonyl (C=O) groups is 1. The summed E-state index contributed by atoms with van der Waals surface area (Å²) in [6, 6.07) is 0. The Bertz CT molecular complexity index is 611. The highest BCUT2D eigenvalue weighted by Crippen LogP contribution is 2.17. The Morgan fingerprint density at radius 3 is 2.67 bits per heavy atom. The number of rotatable bonds is 6. The molecule has 0 unspecified atom stereocenters. The first-order valence-electron chi connectivity index (χ1n) is 7.09. The van der Waals surface area contributed by atoms with Gasteiger partial charge in [-0.15, -0.1) is 5.10 Å². The van der Waals surface area contributed by atoms with Crippen LogP contribution in [-0.2, 0) is 17.7 Å². The molecule has 0 amide bonds. The molecule has 0 aliphatic carbocycles. The molecule has 0 atom stereocenters. The smallest absolute Gasteiger partial charge is 0.360 e. The zero-order valence-electron chi connectivity index (χ0n) is 12.8. The minimum absolute atomic E-state index is 0.297. The van der Waals surface area contributed by atoms with Crippen LogP contribution >= 0.6 is 0 Å². The molecule has 0 saturated heterocycles. The molecule has 114 valence electrons. The quantitative estimate of drug-likeness (QED) is 0.758. The number of aromatic nitrogens is 4. The maximum Gasteiger partial charge on any atom is 0.360 e. The van der Waals surface area contributed by atoms with Gasteiger partial charge in [-0.1, -0.05) is 23.7 Å². The molecule has 0 fully saturated rings. The van der Waals surface area contributed by atoms with Gasteiger partial charge in [0.1, 0.15) is 5.76 Å². The Balaban J connectivity index is 2.33. The number of carbonyl (C=O) groups excluding carboxylic acids is 1. The van der Waals surface area contributed by atoms with Crippen LogP contribution < -0.4 is 0 Å². The lowest BCUT2D eigenvalue weighted by molar-refractivity contribution is 0.0518. The average Bonchev–Trinajstić information content (AvgIpc) is 2.98. The zero-order valence-corrected chi connectivity index (χ0v) is 12.8. The Labute approximate surface area is 123 Å². The van der Waals surface area contributed by atoms with Gasteiger partial charge < -0.3 is 9.26 Å². The van der Waals surface area contributed by atoms with Gasteiger partial charge in [-0.3, -0.25) is 0 Å². The van der Waals surface area contributed by atoms with Crippen LogP contribution in [0.4, 0.5) is 0 Å². The lowest BCUT2D eigenvalue weighted by atomic mass is 10.1. The van der Waals surface area contributed by atoms with E-state index in [0.717, 1.165) is 29.1 Å². The molecule has 2 aromatic heterocycles. The fourth-order valence-corrected chi connectivity index (χ4v) is 2.18. The van der Waals surface area contributed by atoms with Gasteiger partial charge in [0, 0.05) is 5.56 Å². The van der Waals surface area contributed by atoms with Gasteiger partial charge in [0.15, 0.2) is 5.69 Å². The second kappa shape index (κ2) is 6.51. The molecule has 21 heavy (non-hydrogen) atoms. The van der Waals surface area contributed by atoms with Gasteiger partial charge in [0.25, 0.3) is 0 Å². The van der Waals surface area contributed by atoms with Crippen molar-refractivity contribution in [1.29, 1.82) is 0 Å². The Hall–Kier alpha value is -2.18. The van der Waals surface area contributed by atoms with E-state index in [-0.39, 0.29) is 0 Å². The summed E-state index contributed by atoms with van der Waals surface area (Å²) < 4.78 is 11.9. The summed E-state index contributed by atoms with van der Waals surface area (Å²) in [7, 11) is 0. The zero-order chi connectivity index (χ0) is 15.4. The van der Waals surface area contributed by atoms with E-state index in [1.54, 1.807) is 11.6 Å². The second-order valence-corrected chi connectivity index (χ2v) is 4.82. The van der Waals surface area contributed by atoms with Gasteiger partial charge in [0.05, 0.1) is 24.5 Å². The highest BCUT2D eigenvalue weighted by molar-refractivity contribution is 5.88. The van der Waals surface area contributed by atoms with Crippen molar-refractivity contribution in [3.63, 3.8) is 0 Å². The molecule has 0 N–H and O–H groups in total. The lowest BCUT2D eigenvalue weighted by Crippen LogP contribution is -2.12. The van der Waals surface area contributed by atoms with Crippen molar-refractivity contribution in [2.45, 2.75) is 47.1 Å². The summed E-state index contributed by atoms with van der Waals surface area (Å²) in [4.78, 5) is 11.9. The summed E-state index contributed by atoms with van der Waals surface area (Å²) in [6.45, 7) is 8.37. The van der Waals surface area contributed by atoms with E-state index in [2.05, 4.69) is 15.5 Å². The van der Waals surface area contributed by atoms with E-state index >= 15 is 0 Å². The lowest BCUT2D eigenvalue weighted by Gasteiger charge is -2.06. The molecule has 2 aromatic rings. The molecule has 0 radical (unpaired) electrons. The van der Waals surface area contributed by atoms with Gasteiger partial charge >= 0.3 is 5.97 Å². The van der Waals surface area contributed by atoms with Crippen molar-refractivity contribution in [2.24, 2.45) is 0 Å². The van der Waals surface area contributed by atoms with Crippen LogP contribution in [0.3, 0.4) is 0 Å². The fourth-order valence-electron chi connectivity index (χ4n) is 2.18. The monoisotopic (exact) mass is 292 g/mol. The van der Waals surface area contributed by atoms with E-state index in [1.807, 2.05) is 20.8 Å². The maximum atomic E-state index is 11.9. The minimum Gasteiger partial charge on any atom is -0.461 e. The van der Waals surface area contributed by atoms with Crippen molar-refractivity contribution in [1.82, 2.24) is 20.2 Å². The third-order valence-electron chi connectivity index (χ3n) is 3.28. The van der Waals surface area contributed by atoms with Crippen molar-refractivity contribution in [2.75, 3.05) is 6.61 Å². The first-order valence-corrected chi connectivity index (χ1v) is 7.09. The standard InChI is InChI=1S/C14H20N4O3/c1-5-7-12-13(14(19)20-6-2)15-17-18(12)8-11-9(3)16-21-10(11)4/h5-8H2,1-4H3. The number of esters is 1. The minimum atomic E-state index is -0.425. The van der Waals surface area contributed by atoms with E-state index < -0.39 is 5.97 Å². The van der Waals surface area contributed by atoms with Crippen LogP contribution in [0.25, 0.3) is 0 Å². The van der Waals surface area contributed by atoms with Crippen LogP contribution in [0.5, 0.6) is 0 Å². The largest absolute Gasteiger partial charge is 0.461 e. The van der Waals surface area contributed by atoms with E-state index in [9.17, 15) is 4.79 Å². The highest BCUT2D eigenvalue weighted by Gasteiger charge is 2.21. The first kappa shape index (κ1) is 15.2. The van der Waals surface area contributed by atoms with Crippen LogP contribution in [0.1, 0.15) is 53.5 Å². The van der Waals surface area contributed by atoms with Crippen LogP contribution in [0.15, 0.2) is 4.52 Å². The molecule has 0 aromatic carbocycles. The first-order chi connectivity index (χ1) is 10.1. The summed E-state index contributed by atoms with van der Waals surface area (Å²) in [5.41, 5.74) is 2.87. The number of nitrogens with zero attached hydrogens (tertiary/aromatic N) is 4. The summed E-state index contributed by atoms with van der Waals surface area (Å²) in [5, 5.41) is 12.0. The predicted octanol–water partition coefficient (Wildman–Crippen LogP) is 2.06. The maximum absolute atomic E-state index is 11.9. The van der Waals surface area contributed by atoms with Crippen LogP contribution in [0, 0.1) is 13.8 Å².